The van der Waals surface area contributed by atoms with E-state index in [-0.39, 0.29) is 36.8 Å². The van der Waals surface area contributed by atoms with Crippen LogP contribution in [0.5, 0.6) is 0 Å². The Bertz CT molecular complexity index is 508. The summed E-state index contributed by atoms with van der Waals surface area (Å²) in [7, 11) is 0. The van der Waals surface area contributed by atoms with Crippen LogP contribution in [0.2, 0.25) is 0 Å². The van der Waals surface area contributed by atoms with Gasteiger partial charge in [0.15, 0.2) is 0 Å². The molecule has 2 fully saturated rings. The summed E-state index contributed by atoms with van der Waals surface area (Å²) in [6, 6.07) is 3.81. The van der Waals surface area contributed by atoms with Gasteiger partial charge < -0.3 is 16.0 Å². The predicted octanol–water partition coefficient (Wildman–Crippen LogP) is 1.10. The van der Waals surface area contributed by atoms with E-state index in [4.69, 9.17) is 5.73 Å². The molecular weight excluding hydrogens is 310 g/mol. The molecule has 3 unspecified atom stereocenters. The van der Waals surface area contributed by atoms with E-state index in [1.807, 2.05) is 16.3 Å². The number of nitrogens with zero attached hydrogens (tertiary/aromatic N) is 1. The quantitative estimate of drug-likeness (QED) is 0.871. The van der Waals surface area contributed by atoms with E-state index in [1.165, 1.54) is 11.3 Å². The highest BCUT2D eigenvalue weighted by atomic mass is 35.5. The lowest BCUT2D eigenvalue weighted by atomic mass is 9.98. The van der Waals surface area contributed by atoms with Crippen LogP contribution in [0.25, 0.3) is 0 Å². The molecule has 1 aromatic rings. The number of nitrogens with one attached hydrogen (secondary N) is 1. The van der Waals surface area contributed by atoms with Gasteiger partial charge in [-0.1, -0.05) is 6.07 Å². The Morgan fingerprint density at radius 2 is 2.19 bits per heavy atom. The normalized spacial score (nSPS) is 27.1. The van der Waals surface area contributed by atoms with Gasteiger partial charge >= 0.3 is 0 Å². The Hall–Kier alpha value is -1.11. The Morgan fingerprint density at radius 3 is 2.86 bits per heavy atom. The van der Waals surface area contributed by atoms with Crippen LogP contribution in [0.15, 0.2) is 17.5 Å². The van der Waals surface area contributed by atoms with Crippen LogP contribution in [0, 0.1) is 11.8 Å². The molecule has 0 aromatic carbocycles. The number of thiophene rings is 1. The summed E-state index contributed by atoms with van der Waals surface area (Å²) in [5, 5.41) is 4.53. The SMILES string of the molecule is Cl.NC1CCC2CN(C(=O)CNC(=O)c3cccs3)CC12. The second kappa shape index (κ2) is 6.77. The monoisotopic (exact) mass is 329 g/mol. The molecule has 2 heterocycles. The van der Waals surface area contributed by atoms with Crippen LogP contribution >= 0.6 is 23.7 Å². The molecule has 7 heteroatoms. The largest absolute Gasteiger partial charge is 0.342 e. The van der Waals surface area contributed by atoms with Gasteiger partial charge in [0.05, 0.1) is 11.4 Å². The number of halogens is 1. The van der Waals surface area contributed by atoms with Gasteiger partial charge in [-0.15, -0.1) is 23.7 Å². The molecular formula is C14H20ClN3O2S. The van der Waals surface area contributed by atoms with Crippen LogP contribution in [0.4, 0.5) is 0 Å². The number of carbonyl (C=O) groups is 2. The molecule has 3 N–H and O–H groups in total. The minimum Gasteiger partial charge on any atom is -0.342 e. The van der Waals surface area contributed by atoms with Crippen LogP contribution < -0.4 is 11.1 Å². The molecule has 2 aliphatic rings. The Labute approximate surface area is 134 Å². The topological polar surface area (TPSA) is 75.4 Å². The standard InChI is InChI=1S/C14H19N3O2S.ClH/c15-11-4-3-9-7-17(8-10(9)11)13(18)6-16-14(19)12-2-1-5-20-12;/h1-2,5,9-11H,3-4,6-8,15H2,(H,16,19);1H. The lowest BCUT2D eigenvalue weighted by Gasteiger charge is -2.18. The lowest BCUT2D eigenvalue weighted by Crippen LogP contribution is -2.40. The molecule has 0 bridgehead atoms. The zero-order chi connectivity index (χ0) is 14.1. The highest BCUT2D eigenvalue weighted by molar-refractivity contribution is 7.12. The van der Waals surface area contributed by atoms with Gasteiger partial charge in [-0.3, -0.25) is 9.59 Å². The molecule has 0 spiro atoms. The highest BCUT2D eigenvalue weighted by Gasteiger charge is 2.42. The summed E-state index contributed by atoms with van der Waals surface area (Å²) in [5.41, 5.74) is 6.06. The van der Waals surface area contributed by atoms with E-state index in [2.05, 4.69) is 5.32 Å². The average molecular weight is 330 g/mol. The van der Waals surface area contributed by atoms with Crippen molar-refractivity contribution in [2.75, 3.05) is 19.6 Å². The molecule has 1 saturated carbocycles. The first-order chi connectivity index (χ1) is 9.65. The smallest absolute Gasteiger partial charge is 0.261 e. The van der Waals surface area contributed by atoms with Gasteiger partial charge in [-0.2, -0.15) is 0 Å². The first kappa shape index (κ1) is 16.3. The van der Waals surface area contributed by atoms with Gasteiger partial charge in [-0.05, 0) is 36.1 Å². The highest BCUT2D eigenvalue weighted by Crippen LogP contribution is 2.36. The molecule has 1 saturated heterocycles. The zero-order valence-corrected chi connectivity index (χ0v) is 13.3. The second-order valence-electron chi connectivity index (χ2n) is 5.62. The van der Waals surface area contributed by atoms with Crippen LogP contribution in [-0.2, 0) is 4.79 Å². The fourth-order valence-corrected chi connectivity index (χ4v) is 3.91. The van der Waals surface area contributed by atoms with Gasteiger partial charge in [0.25, 0.3) is 5.91 Å². The minimum absolute atomic E-state index is 0. The molecule has 116 valence electrons. The lowest BCUT2D eigenvalue weighted by molar-refractivity contribution is -0.129. The molecule has 3 atom stereocenters. The van der Waals surface area contributed by atoms with Crippen molar-refractivity contribution in [3.8, 4) is 0 Å². The van der Waals surface area contributed by atoms with Crippen molar-refractivity contribution in [3.05, 3.63) is 22.4 Å². The van der Waals surface area contributed by atoms with Gasteiger partial charge in [-0.25, -0.2) is 0 Å². The number of fused-ring (bicyclic) bond motifs is 1. The van der Waals surface area contributed by atoms with Crippen molar-refractivity contribution in [1.29, 1.82) is 0 Å². The van der Waals surface area contributed by atoms with E-state index in [9.17, 15) is 9.59 Å². The fraction of sp³-hybridized carbons (Fsp3) is 0.571. The maximum absolute atomic E-state index is 12.1. The van der Waals surface area contributed by atoms with Gasteiger partial charge in [0.1, 0.15) is 0 Å². The number of nitrogens with two attached hydrogens (primary N) is 1. The number of carbonyl (C=O) groups excluding carboxylic acids is 2. The summed E-state index contributed by atoms with van der Waals surface area (Å²) in [4.78, 5) is 26.4. The molecule has 21 heavy (non-hydrogen) atoms. The first-order valence-electron chi connectivity index (χ1n) is 7.00. The van der Waals surface area contributed by atoms with Gasteiger partial charge in [0.2, 0.25) is 5.91 Å². The zero-order valence-electron chi connectivity index (χ0n) is 11.7. The van der Waals surface area contributed by atoms with Crippen molar-refractivity contribution >= 4 is 35.6 Å². The summed E-state index contributed by atoms with van der Waals surface area (Å²) in [5.74, 6) is 0.829. The Balaban J connectivity index is 0.00000161. The molecule has 5 nitrogen and oxygen atoms in total. The van der Waals surface area contributed by atoms with Gasteiger partial charge in [0, 0.05) is 19.1 Å². The number of amides is 2. The predicted molar refractivity (Wildman–Crippen MR) is 84.7 cm³/mol. The molecule has 1 aliphatic carbocycles. The van der Waals surface area contributed by atoms with E-state index in [0.29, 0.717) is 16.7 Å². The summed E-state index contributed by atoms with van der Waals surface area (Å²) in [6.07, 6.45) is 2.20. The number of hydrogen-bond donors (Lipinski definition) is 2. The minimum atomic E-state index is -0.176. The molecule has 3 rings (SSSR count). The van der Waals surface area contributed by atoms with Crippen molar-refractivity contribution in [2.24, 2.45) is 17.6 Å². The third kappa shape index (κ3) is 3.39. The van der Waals surface area contributed by atoms with Crippen molar-refractivity contribution in [1.82, 2.24) is 10.2 Å². The maximum atomic E-state index is 12.1. The van der Waals surface area contributed by atoms with E-state index >= 15 is 0 Å². The number of likely N-dealkylation sites (tertiary alicyclic amines) is 1. The van der Waals surface area contributed by atoms with Crippen molar-refractivity contribution in [3.63, 3.8) is 0 Å². The van der Waals surface area contributed by atoms with E-state index in [0.717, 1.165) is 25.9 Å². The molecule has 2 amide bonds. The number of hydrogen-bond acceptors (Lipinski definition) is 4. The average Bonchev–Trinajstić information content (AvgIpc) is 3.14. The van der Waals surface area contributed by atoms with E-state index < -0.39 is 0 Å². The second-order valence-corrected chi connectivity index (χ2v) is 6.57. The third-order valence-electron chi connectivity index (χ3n) is 4.41. The third-order valence-corrected chi connectivity index (χ3v) is 5.28. The molecule has 0 radical (unpaired) electrons. The Morgan fingerprint density at radius 1 is 1.38 bits per heavy atom. The summed E-state index contributed by atoms with van der Waals surface area (Å²) >= 11 is 1.38. The summed E-state index contributed by atoms with van der Waals surface area (Å²) in [6.45, 7) is 1.62. The van der Waals surface area contributed by atoms with Crippen molar-refractivity contribution < 1.29 is 9.59 Å². The number of rotatable bonds is 3. The van der Waals surface area contributed by atoms with Crippen LogP contribution in [-0.4, -0.2) is 42.4 Å². The van der Waals surface area contributed by atoms with Crippen LogP contribution in [0.1, 0.15) is 22.5 Å². The Kier molecular flexibility index (Phi) is 5.24. The van der Waals surface area contributed by atoms with E-state index in [1.54, 1.807) is 6.07 Å². The fourth-order valence-electron chi connectivity index (χ4n) is 3.27. The van der Waals surface area contributed by atoms with Crippen LogP contribution in [0.3, 0.4) is 0 Å². The summed E-state index contributed by atoms with van der Waals surface area (Å²) < 4.78 is 0. The van der Waals surface area contributed by atoms with Crippen molar-refractivity contribution in [2.45, 2.75) is 18.9 Å². The first-order valence-corrected chi connectivity index (χ1v) is 7.88. The maximum Gasteiger partial charge on any atom is 0.261 e. The molecule has 1 aromatic heterocycles. The molecule has 1 aliphatic heterocycles.